The Bertz CT molecular complexity index is 343. The lowest BCUT2D eigenvalue weighted by atomic mass is 10.1. The highest BCUT2D eigenvalue weighted by Gasteiger charge is 2.19. The molecule has 15 heavy (non-hydrogen) atoms. The van der Waals surface area contributed by atoms with Crippen LogP contribution in [-0.2, 0) is 9.47 Å². The first-order chi connectivity index (χ1) is 7.18. The molecule has 0 saturated carbocycles. The summed E-state index contributed by atoms with van der Waals surface area (Å²) in [4.78, 5) is 0. The fraction of sp³-hybridized carbons (Fsp3) is 0.500. The van der Waals surface area contributed by atoms with E-state index >= 15 is 0 Å². The van der Waals surface area contributed by atoms with Crippen LogP contribution in [0.5, 0.6) is 0 Å². The van der Waals surface area contributed by atoms with Gasteiger partial charge in [-0.1, -0.05) is 42.0 Å². The fourth-order valence-corrected chi connectivity index (χ4v) is 3.51. The van der Waals surface area contributed by atoms with Crippen LogP contribution >= 0.6 is 0 Å². The molecule has 1 fully saturated rings. The van der Waals surface area contributed by atoms with E-state index in [4.69, 9.17) is 9.47 Å². The van der Waals surface area contributed by atoms with Crippen LogP contribution in [0.2, 0.25) is 13.1 Å². The van der Waals surface area contributed by atoms with E-state index in [0.29, 0.717) is 13.2 Å². The Hall–Kier alpha value is -0.643. The van der Waals surface area contributed by atoms with E-state index in [1.165, 1.54) is 16.3 Å². The first kappa shape index (κ1) is 10.9. The van der Waals surface area contributed by atoms with Crippen LogP contribution in [0.1, 0.15) is 17.4 Å². The van der Waals surface area contributed by atoms with Gasteiger partial charge in [0.1, 0.15) is 0 Å². The largest absolute Gasteiger partial charge is 0.346 e. The van der Waals surface area contributed by atoms with Gasteiger partial charge in [0.25, 0.3) is 0 Å². The molecule has 1 aromatic rings. The molecule has 0 spiro atoms. The average molecular weight is 222 g/mol. The molecule has 2 rings (SSSR count). The lowest BCUT2D eigenvalue weighted by Crippen LogP contribution is -2.26. The third-order valence-electron chi connectivity index (χ3n) is 2.82. The second kappa shape index (κ2) is 4.47. The molecule has 82 valence electrons. The lowest BCUT2D eigenvalue weighted by Gasteiger charge is -2.14. The van der Waals surface area contributed by atoms with Gasteiger partial charge >= 0.3 is 0 Å². The topological polar surface area (TPSA) is 18.5 Å². The van der Waals surface area contributed by atoms with E-state index in [0.717, 1.165) is 0 Å². The molecule has 0 amide bonds. The Morgan fingerprint density at radius 1 is 1.20 bits per heavy atom. The summed E-state index contributed by atoms with van der Waals surface area (Å²) >= 11 is 0. The summed E-state index contributed by atoms with van der Waals surface area (Å²) in [6, 6.07) is 6.57. The highest BCUT2D eigenvalue weighted by molar-refractivity contribution is 6.71. The smallest absolute Gasteiger partial charge is 0.184 e. The molecule has 0 radical (unpaired) electrons. The second-order valence-corrected chi connectivity index (χ2v) is 7.28. The molecular weight excluding hydrogens is 204 g/mol. The predicted octanol–water partition coefficient (Wildman–Crippen LogP) is 1.73. The molecule has 0 aliphatic carbocycles. The number of rotatable bonds is 2. The van der Waals surface area contributed by atoms with Crippen molar-refractivity contribution >= 4 is 14.0 Å². The first-order valence-corrected chi connectivity index (χ1v) is 8.41. The van der Waals surface area contributed by atoms with Crippen LogP contribution in [0.25, 0.3) is 0 Å². The van der Waals surface area contributed by atoms with Gasteiger partial charge in [-0.15, -0.1) is 0 Å². The second-order valence-electron chi connectivity index (χ2n) is 4.34. The maximum absolute atomic E-state index is 5.51. The van der Waals surface area contributed by atoms with Gasteiger partial charge in [0, 0.05) is 5.56 Å². The molecule has 0 unspecified atom stereocenters. The zero-order valence-electron chi connectivity index (χ0n) is 9.62. The zero-order chi connectivity index (χ0) is 10.8. The van der Waals surface area contributed by atoms with Crippen molar-refractivity contribution in [3.8, 4) is 0 Å². The van der Waals surface area contributed by atoms with Crippen LogP contribution in [0.15, 0.2) is 18.2 Å². The van der Waals surface area contributed by atoms with Crippen molar-refractivity contribution in [3.05, 3.63) is 29.3 Å². The van der Waals surface area contributed by atoms with E-state index in [-0.39, 0.29) is 6.29 Å². The normalized spacial score (nSPS) is 17.6. The average Bonchev–Trinajstić information content (AvgIpc) is 2.71. The monoisotopic (exact) mass is 222 g/mol. The zero-order valence-corrected chi connectivity index (χ0v) is 10.8. The summed E-state index contributed by atoms with van der Waals surface area (Å²) in [6.07, 6.45) is -0.128. The van der Waals surface area contributed by atoms with Crippen LogP contribution < -0.4 is 5.19 Å². The van der Waals surface area contributed by atoms with Gasteiger partial charge in [0.2, 0.25) is 0 Å². The maximum atomic E-state index is 5.51. The van der Waals surface area contributed by atoms with Crippen LogP contribution in [0.4, 0.5) is 0 Å². The van der Waals surface area contributed by atoms with Crippen LogP contribution in [0.3, 0.4) is 0 Å². The van der Waals surface area contributed by atoms with Crippen LogP contribution in [-0.4, -0.2) is 22.0 Å². The third-order valence-corrected chi connectivity index (χ3v) is 4.69. The standard InChI is InChI=1S/C12H18O2Si/c1-9-4-5-10(8-11(9)15(2)3)12-13-6-7-14-12/h4-5,8,12,15H,6-7H2,1-3H3. The van der Waals surface area contributed by atoms with Crippen molar-refractivity contribution < 1.29 is 9.47 Å². The minimum absolute atomic E-state index is 0.128. The fourth-order valence-electron chi connectivity index (χ4n) is 1.98. The van der Waals surface area contributed by atoms with Gasteiger partial charge in [-0.25, -0.2) is 0 Å². The van der Waals surface area contributed by atoms with Gasteiger partial charge in [0.05, 0.1) is 22.0 Å². The number of hydrogen-bond donors (Lipinski definition) is 0. The molecule has 2 nitrogen and oxygen atoms in total. The minimum Gasteiger partial charge on any atom is -0.346 e. The van der Waals surface area contributed by atoms with E-state index in [1.54, 1.807) is 0 Å². The van der Waals surface area contributed by atoms with Crippen molar-refractivity contribution in [3.63, 3.8) is 0 Å². The molecule has 0 N–H and O–H groups in total. The maximum Gasteiger partial charge on any atom is 0.184 e. The highest BCUT2D eigenvalue weighted by Crippen LogP contribution is 2.22. The number of hydrogen-bond acceptors (Lipinski definition) is 2. The Morgan fingerprint density at radius 2 is 1.87 bits per heavy atom. The molecule has 0 aromatic heterocycles. The van der Waals surface area contributed by atoms with Gasteiger partial charge < -0.3 is 9.47 Å². The molecular formula is C12H18O2Si. The Kier molecular flexibility index (Phi) is 3.24. The number of ether oxygens (including phenoxy) is 2. The molecule has 1 aliphatic rings. The molecule has 1 saturated heterocycles. The number of benzene rings is 1. The number of aryl methyl sites for hydroxylation is 1. The Labute approximate surface area is 92.8 Å². The molecule has 1 aliphatic heterocycles. The summed E-state index contributed by atoms with van der Waals surface area (Å²) in [5, 5.41) is 1.52. The van der Waals surface area contributed by atoms with E-state index in [9.17, 15) is 0 Å². The van der Waals surface area contributed by atoms with Crippen molar-refractivity contribution in [2.45, 2.75) is 26.3 Å². The summed E-state index contributed by atoms with van der Waals surface area (Å²) in [7, 11) is -0.750. The lowest BCUT2D eigenvalue weighted by molar-refractivity contribution is -0.0440. The summed E-state index contributed by atoms with van der Waals surface area (Å²) in [5.41, 5.74) is 2.58. The Balaban J connectivity index is 2.29. The quantitative estimate of drug-likeness (QED) is 0.710. The summed E-state index contributed by atoms with van der Waals surface area (Å²) < 4.78 is 11.0. The van der Waals surface area contributed by atoms with Gasteiger partial charge in [-0.05, 0) is 6.92 Å². The van der Waals surface area contributed by atoms with E-state index < -0.39 is 8.80 Å². The molecule has 3 heteroatoms. The van der Waals surface area contributed by atoms with Crippen molar-refractivity contribution in [2.24, 2.45) is 0 Å². The van der Waals surface area contributed by atoms with Crippen molar-refractivity contribution in [2.75, 3.05) is 13.2 Å². The van der Waals surface area contributed by atoms with Crippen LogP contribution in [0, 0.1) is 6.92 Å². The minimum atomic E-state index is -0.750. The van der Waals surface area contributed by atoms with Crippen molar-refractivity contribution in [1.29, 1.82) is 0 Å². The van der Waals surface area contributed by atoms with Gasteiger partial charge in [0.15, 0.2) is 6.29 Å². The summed E-state index contributed by atoms with van der Waals surface area (Å²) in [6.45, 7) is 8.31. The van der Waals surface area contributed by atoms with E-state index in [1.807, 2.05) is 0 Å². The predicted molar refractivity (Wildman–Crippen MR) is 64.3 cm³/mol. The van der Waals surface area contributed by atoms with Gasteiger partial charge in [-0.3, -0.25) is 0 Å². The highest BCUT2D eigenvalue weighted by atomic mass is 28.3. The van der Waals surface area contributed by atoms with Gasteiger partial charge in [-0.2, -0.15) is 0 Å². The Morgan fingerprint density at radius 3 is 2.47 bits per heavy atom. The van der Waals surface area contributed by atoms with E-state index in [2.05, 4.69) is 38.2 Å². The molecule has 0 atom stereocenters. The SMILES string of the molecule is Cc1ccc(C2OCCO2)cc1[SiH](C)C. The first-order valence-electron chi connectivity index (χ1n) is 5.52. The molecule has 1 aromatic carbocycles. The van der Waals surface area contributed by atoms with Crippen molar-refractivity contribution in [1.82, 2.24) is 0 Å². The molecule has 1 heterocycles. The third kappa shape index (κ3) is 2.30. The summed E-state index contributed by atoms with van der Waals surface area (Å²) in [5.74, 6) is 0. The molecule has 0 bridgehead atoms.